The van der Waals surface area contributed by atoms with Crippen LogP contribution in [0.1, 0.15) is 48.2 Å². The molecule has 1 saturated heterocycles. The Morgan fingerprint density at radius 3 is 2.33 bits per heavy atom. The molecule has 2 aromatic rings. The van der Waals surface area contributed by atoms with Crippen molar-refractivity contribution < 1.29 is 10.2 Å². The number of nitrogens with zero attached hydrogens (tertiary/aromatic N) is 5. The first-order valence-corrected chi connectivity index (χ1v) is 9.42. The van der Waals surface area contributed by atoms with Gasteiger partial charge in [-0.2, -0.15) is 0 Å². The highest BCUT2D eigenvalue weighted by molar-refractivity contribution is 5.48. The molecule has 8 nitrogen and oxygen atoms in total. The number of aromatic nitrogens is 4. The molecule has 0 aromatic carbocycles. The van der Waals surface area contributed by atoms with Crippen LogP contribution in [0.4, 0.5) is 11.8 Å². The number of hydrogen-bond donors (Lipinski definition) is 3. The van der Waals surface area contributed by atoms with E-state index in [1.807, 2.05) is 32.9 Å². The third-order valence-electron chi connectivity index (χ3n) is 4.83. The first-order valence-electron chi connectivity index (χ1n) is 9.42. The van der Waals surface area contributed by atoms with E-state index in [0.29, 0.717) is 17.6 Å². The summed E-state index contributed by atoms with van der Waals surface area (Å²) < 4.78 is 0. The Labute approximate surface area is 159 Å². The molecule has 3 heterocycles. The lowest BCUT2D eigenvalue weighted by Crippen LogP contribution is -2.46. The maximum atomic E-state index is 9.63. The van der Waals surface area contributed by atoms with Gasteiger partial charge in [0, 0.05) is 23.1 Å². The molecule has 146 valence electrons. The SMILES string of the molecule is Cc1cc(C)nc(Nc2cc(C)nc([C@H]3CCCCN3C(CO)CO)n2)n1. The molecule has 0 bridgehead atoms. The Balaban J connectivity index is 1.89. The fourth-order valence-electron chi connectivity index (χ4n) is 3.64. The number of piperidine rings is 1. The van der Waals surface area contributed by atoms with Crippen LogP contribution >= 0.6 is 0 Å². The highest BCUT2D eigenvalue weighted by Gasteiger charge is 2.31. The Morgan fingerprint density at radius 2 is 1.67 bits per heavy atom. The molecule has 0 aliphatic carbocycles. The van der Waals surface area contributed by atoms with Crippen molar-refractivity contribution in [3.8, 4) is 0 Å². The molecule has 0 amide bonds. The molecule has 1 atom stereocenters. The molecule has 0 saturated carbocycles. The third-order valence-corrected chi connectivity index (χ3v) is 4.83. The minimum absolute atomic E-state index is 0.0244. The van der Waals surface area contributed by atoms with Gasteiger partial charge in [0.25, 0.3) is 0 Å². The summed E-state index contributed by atoms with van der Waals surface area (Å²) in [5, 5.41) is 22.4. The topological polar surface area (TPSA) is 107 Å². The lowest BCUT2D eigenvalue weighted by molar-refractivity contribution is 0.0214. The Morgan fingerprint density at radius 1 is 1.00 bits per heavy atom. The first-order chi connectivity index (χ1) is 13.0. The first kappa shape index (κ1) is 19.6. The van der Waals surface area contributed by atoms with Gasteiger partial charge < -0.3 is 15.5 Å². The van der Waals surface area contributed by atoms with E-state index in [-0.39, 0.29) is 25.3 Å². The van der Waals surface area contributed by atoms with Crippen LogP contribution in [-0.2, 0) is 0 Å². The van der Waals surface area contributed by atoms with Crippen molar-refractivity contribution in [1.29, 1.82) is 0 Å². The zero-order valence-corrected chi connectivity index (χ0v) is 16.2. The molecule has 1 aliphatic rings. The molecule has 3 rings (SSSR count). The normalized spacial score (nSPS) is 18.1. The van der Waals surface area contributed by atoms with E-state index in [1.54, 1.807) is 0 Å². The Kier molecular flexibility index (Phi) is 6.30. The second-order valence-electron chi connectivity index (χ2n) is 7.12. The van der Waals surface area contributed by atoms with Crippen LogP contribution < -0.4 is 5.32 Å². The van der Waals surface area contributed by atoms with E-state index in [4.69, 9.17) is 4.98 Å². The maximum absolute atomic E-state index is 9.63. The van der Waals surface area contributed by atoms with Crippen molar-refractivity contribution in [1.82, 2.24) is 24.8 Å². The fraction of sp³-hybridized carbons (Fsp3) is 0.579. The van der Waals surface area contributed by atoms with E-state index in [9.17, 15) is 10.2 Å². The summed E-state index contributed by atoms with van der Waals surface area (Å²) in [7, 11) is 0. The number of aryl methyl sites for hydroxylation is 3. The van der Waals surface area contributed by atoms with Crippen LogP contribution in [0.3, 0.4) is 0 Å². The number of likely N-dealkylation sites (tertiary alicyclic amines) is 1. The van der Waals surface area contributed by atoms with Gasteiger partial charge in [-0.3, -0.25) is 4.90 Å². The van der Waals surface area contributed by atoms with Crippen molar-refractivity contribution in [2.24, 2.45) is 0 Å². The van der Waals surface area contributed by atoms with E-state index in [2.05, 4.69) is 25.2 Å². The summed E-state index contributed by atoms with van der Waals surface area (Å²) in [5.41, 5.74) is 2.63. The van der Waals surface area contributed by atoms with Crippen molar-refractivity contribution in [2.75, 3.05) is 25.1 Å². The fourth-order valence-corrected chi connectivity index (χ4v) is 3.64. The number of aliphatic hydroxyl groups is 2. The number of rotatable bonds is 6. The van der Waals surface area contributed by atoms with Gasteiger partial charge in [0.05, 0.1) is 25.3 Å². The zero-order chi connectivity index (χ0) is 19.4. The van der Waals surface area contributed by atoms with Gasteiger partial charge in [0.2, 0.25) is 5.95 Å². The number of anilines is 2. The third kappa shape index (κ3) is 4.77. The van der Waals surface area contributed by atoms with Crippen LogP contribution in [0.2, 0.25) is 0 Å². The average Bonchev–Trinajstić information content (AvgIpc) is 2.62. The van der Waals surface area contributed by atoms with Crippen molar-refractivity contribution in [3.05, 3.63) is 35.0 Å². The smallest absolute Gasteiger partial charge is 0.228 e. The predicted molar refractivity (Wildman–Crippen MR) is 103 cm³/mol. The largest absolute Gasteiger partial charge is 0.395 e. The summed E-state index contributed by atoms with van der Waals surface area (Å²) >= 11 is 0. The van der Waals surface area contributed by atoms with E-state index in [1.165, 1.54) is 0 Å². The van der Waals surface area contributed by atoms with Crippen LogP contribution in [0.5, 0.6) is 0 Å². The maximum Gasteiger partial charge on any atom is 0.228 e. The molecular weight excluding hydrogens is 344 g/mol. The quantitative estimate of drug-likeness (QED) is 0.705. The molecular formula is C19H28N6O2. The molecule has 1 aliphatic heterocycles. The van der Waals surface area contributed by atoms with Gasteiger partial charge in [0.15, 0.2) is 0 Å². The Bertz CT molecular complexity index is 761. The number of aliphatic hydroxyl groups excluding tert-OH is 2. The predicted octanol–water partition coefficient (Wildman–Crippen LogP) is 1.82. The Hall–Kier alpha value is -2.16. The number of nitrogens with one attached hydrogen (secondary N) is 1. The molecule has 2 aromatic heterocycles. The highest BCUT2D eigenvalue weighted by atomic mass is 16.3. The van der Waals surface area contributed by atoms with Gasteiger partial charge in [-0.15, -0.1) is 0 Å². The summed E-state index contributed by atoms with van der Waals surface area (Å²) in [6.07, 6.45) is 3.02. The van der Waals surface area contributed by atoms with Crippen molar-refractivity contribution in [3.63, 3.8) is 0 Å². The molecule has 0 spiro atoms. The minimum atomic E-state index is -0.293. The van der Waals surface area contributed by atoms with Gasteiger partial charge in [-0.1, -0.05) is 6.42 Å². The van der Waals surface area contributed by atoms with E-state index < -0.39 is 0 Å². The van der Waals surface area contributed by atoms with Gasteiger partial charge in [-0.05, 0) is 46.2 Å². The summed E-state index contributed by atoms with van der Waals surface area (Å²) in [4.78, 5) is 20.3. The lowest BCUT2D eigenvalue weighted by Gasteiger charge is -2.39. The summed E-state index contributed by atoms with van der Waals surface area (Å²) in [5.74, 6) is 1.87. The zero-order valence-electron chi connectivity index (χ0n) is 16.2. The standard InChI is InChI=1S/C19H28N6O2/c1-12-8-13(2)22-19(21-12)24-17-9-14(3)20-18(23-17)16-6-4-5-7-25(16)15(10-26)11-27/h8-9,15-16,26-27H,4-7,10-11H2,1-3H3,(H,20,21,22,23,24)/t16-/m1/s1. The van der Waals surface area contributed by atoms with Crippen LogP contribution in [-0.4, -0.2) is 60.8 Å². The molecule has 1 fully saturated rings. The molecule has 3 N–H and O–H groups in total. The highest BCUT2D eigenvalue weighted by Crippen LogP contribution is 2.31. The van der Waals surface area contributed by atoms with E-state index in [0.717, 1.165) is 42.9 Å². The molecule has 0 unspecified atom stereocenters. The van der Waals surface area contributed by atoms with E-state index >= 15 is 0 Å². The molecule has 8 heteroatoms. The van der Waals surface area contributed by atoms with Gasteiger partial charge >= 0.3 is 0 Å². The van der Waals surface area contributed by atoms with Crippen molar-refractivity contribution in [2.45, 2.75) is 52.1 Å². The lowest BCUT2D eigenvalue weighted by atomic mass is 9.99. The minimum Gasteiger partial charge on any atom is -0.395 e. The molecule has 0 radical (unpaired) electrons. The van der Waals surface area contributed by atoms with Crippen LogP contribution in [0, 0.1) is 20.8 Å². The summed E-state index contributed by atoms with van der Waals surface area (Å²) in [6, 6.07) is 3.47. The van der Waals surface area contributed by atoms with Crippen molar-refractivity contribution >= 4 is 11.8 Å². The van der Waals surface area contributed by atoms with Gasteiger partial charge in [0.1, 0.15) is 11.6 Å². The molecule has 27 heavy (non-hydrogen) atoms. The second kappa shape index (κ2) is 8.69. The summed E-state index contributed by atoms with van der Waals surface area (Å²) in [6.45, 7) is 6.44. The van der Waals surface area contributed by atoms with Crippen LogP contribution in [0.25, 0.3) is 0 Å². The van der Waals surface area contributed by atoms with Gasteiger partial charge in [-0.25, -0.2) is 19.9 Å². The average molecular weight is 372 g/mol. The second-order valence-corrected chi connectivity index (χ2v) is 7.12. The number of hydrogen-bond acceptors (Lipinski definition) is 8. The monoisotopic (exact) mass is 372 g/mol. The van der Waals surface area contributed by atoms with Crippen LogP contribution in [0.15, 0.2) is 12.1 Å².